The van der Waals surface area contributed by atoms with E-state index in [0.29, 0.717) is 32.7 Å². The first-order valence-corrected chi connectivity index (χ1v) is 8.35. The maximum atomic E-state index is 12.4. The van der Waals surface area contributed by atoms with Gasteiger partial charge in [0.15, 0.2) is 0 Å². The van der Waals surface area contributed by atoms with Crippen LogP contribution in [0, 0.1) is 0 Å². The number of nitrogens with zero attached hydrogens (tertiary/aromatic N) is 2. The normalized spacial score (nSPS) is 23.8. The van der Waals surface area contributed by atoms with Gasteiger partial charge < -0.3 is 14.4 Å². The maximum absolute atomic E-state index is 12.4. The lowest BCUT2D eigenvalue weighted by Gasteiger charge is -2.33. The van der Waals surface area contributed by atoms with Gasteiger partial charge >= 0.3 is 6.09 Å². The summed E-state index contributed by atoms with van der Waals surface area (Å²) in [5.74, 6) is -0.397. The predicted molar refractivity (Wildman–Crippen MR) is 85.9 cm³/mol. The zero-order valence-corrected chi connectivity index (χ0v) is 14.9. The zero-order chi connectivity index (χ0) is 18.0. The third kappa shape index (κ3) is 4.17. The predicted octanol–water partition coefficient (Wildman–Crippen LogP) is 1.06. The topological polar surface area (TPSA) is 88.2 Å². The summed E-state index contributed by atoms with van der Waals surface area (Å²) < 4.78 is 10.6. The van der Waals surface area contributed by atoms with Crippen molar-refractivity contribution in [3.63, 3.8) is 0 Å². The van der Waals surface area contributed by atoms with Crippen LogP contribution in [0.2, 0.25) is 0 Å². The first-order chi connectivity index (χ1) is 11.2. The fourth-order valence-electron chi connectivity index (χ4n) is 3.07. The van der Waals surface area contributed by atoms with E-state index in [0.717, 1.165) is 0 Å². The molecule has 1 N–H and O–H groups in total. The van der Waals surface area contributed by atoms with Crippen molar-refractivity contribution in [2.45, 2.75) is 58.1 Å². The lowest BCUT2D eigenvalue weighted by atomic mass is 9.94. The number of carbonyl (C=O) groups excluding carboxylic acids is 3. The highest BCUT2D eigenvalue weighted by molar-refractivity contribution is 5.88. The first-order valence-electron chi connectivity index (χ1n) is 8.35. The Kier molecular flexibility index (Phi) is 5.37. The van der Waals surface area contributed by atoms with Crippen LogP contribution < -0.4 is 5.43 Å². The van der Waals surface area contributed by atoms with Crippen LogP contribution >= 0.6 is 0 Å². The summed E-state index contributed by atoms with van der Waals surface area (Å²) in [6.07, 6.45) is 0.529. The van der Waals surface area contributed by atoms with Crippen LogP contribution in [0.5, 0.6) is 0 Å². The Balaban J connectivity index is 2.03. The van der Waals surface area contributed by atoms with Gasteiger partial charge in [-0.1, -0.05) is 0 Å². The smallest absolute Gasteiger partial charge is 0.410 e. The Labute approximate surface area is 142 Å². The molecule has 2 aliphatic heterocycles. The number of amides is 3. The van der Waals surface area contributed by atoms with E-state index in [2.05, 4.69) is 5.43 Å². The Morgan fingerprint density at radius 2 is 2.04 bits per heavy atom. The molecule has 3 amide bonds. The van der Waals surface area contributed by atoms with Crippen LogP contribution in [0.25, 0.3) is 0 Å². The highest BCUT2D eigenvalue weighted by Gasteiger charge is 2.53. The summed E-state index contributed by atoms with van der Waals surface area (Å²) in [5, 5.41) is 1.40. The molecule has 0 aromatic rings. The van der Waals surface area contributed by atoms with Gasteiger partial charge in [-0.3, -0.25) is 15.0 Å². The minimum absolute atomic E-state index is 0.194. The van der Waals surface area contributed by atoms with Crippen LogP contribution in [0.4, 0.5) is 4.79 Å². The van der Waals surface area contributed by atoms with Gasteiger partial charge in [0.05, 0.1) is 25.0 Å². The molecule has 1 unspecified atom stereocenters. The number of hydrazine groups is 1. The summed E-state index contributed by atoms with van der Waals surface area (Å²) >= 11 is 0. The number of hydrogen-bond acceptors (Lipinski definition) is 5. The van der Waals surface area contributed by atoms with Crippen molar-refractivity contribution in [3.8, 4) is 0 Å². The average Bonchev–Trinajstić information content (AvgIpc) is 3.02. The summed E-state index contributed by atoms with van der Waals surface area (Å²) in [4.78, 5) is 38.1. The summed E-state index contributed by atoms with van der Waals surface area (Å²) in [5.41, 5.74) is 1.37. The SMILES string of the molecule is CCOCCC(=O)N1NC(=O)CC12CCN(C(=O)OC(C)(C)C)C2. The van der Waals surface area contributed by atoms with E-state index in [-0.39, 0.29) is 24.7 Å². The van der Waals surface area contributed by atoms with Crippen LogP contribution in [-0.4, -0.2) is 65.3 Å². The van der Waals surface area contributed by atoms with E-state index in [1.54, 1.807) is 25.7 Å². The molecule has 2 fully saturated rings. The minimum Gasteiger partial charge on any atom is -0.444 e. The van der Waals surface area contributed by atoms with E-state index in [1.165, 1.54) is 5.01 Å². The Bertz CT molecular complexity index is 516. The second kappa shape index (κ2) is 6.96. The quantitative estimate of drug-likeness (QED) is 0.773. The molecule has 1 spiro atoms. The van der Waals surface area contributed by atoms with Crippen molar-refractivity contribution in [2.75, 3.05) is 26.3 Å². The number of nitrogens with one attached hydrogen (secondary N) is 1. The molecule has 0 aromatic carbocycles. The summed E-state index contributed by atoms with van der Waals surface area (Å²) in [6.45, 7) is 8.88. The largest absolute Gasteiger partial charge is 0.444 e. The Morgan fingerprint density at radius 1 is 1.33 bits per heavy atom. The van der Waals surface area contributed by atoms with Gasteiger partial charge in [-0.25, -0.2) is 9.80 Å². The lowest BCUT2D eigenvalue weighted by molar-refractivity contribution is -0.141. The van der Waals surface area contributed by atoms with Gasteiger partial charge in [0.1, 0.15) is 5.60 Å². The van der Waals surface area contributed by atoms with Gasteiger partial charge in [-0.05, 0) is 34.1 Å². The molecule has 2 rings (SSSR count). The highest BCUT2D eigenvalue weighted by atomic mass is 16.6. The first kappa shape index (κ1) is 18.5. The molecule has 2 heterocycles. The maximum Gasteiger partial charge on any atom is 0.410 e. The van der Waals surface area contributed by atoms with Crippen molar-refractivity contribution < 1.29 is 23.9 Å². The molecule has 0 radical (unpaired) electrons. The molecule has 8 heteroatoms. The Morgan fingerprint density at radius 3 is 2.67 bits per heavy atom. The Hall–Kier alpha value is -1.83. The van der Waals surface area contributed by atoms with E-state index < -0.39 is 17.2 Å². The average molecular weight is 341 g/mol. The molecule has 2 saturated heterocycles. The molecule has 0 bridgehead atoms. The van der Waals surface area contributed by atoms with E-state index >= 15 is 0 Å². The van der Waals surface area contributed by atoms with Crippen LogP contribution in [0.3, 0.4) is 0 Å². The molecule has 24 heavy (non-hydrogen) atoms. The fourth-order valence-corrected chi connectivity index (χ4v) is 3.07. The lowest BCUT2D eigenvalue weighted by Crippen LogP contribution is -2.54. The molecule has 0 aromatic heterocycles. The number of rotatable bonds is 4. The van der Waals surface area contributed by atoms with Gasteiger partial charge in [0, 0.05) is 19.7 Å². The number of hydrogen-bond donors (Lipinski definition) is 1. The van der Waals surface area contributed by atoms with Crippen molar-refractivity contribution in [1.82, 2.24) is 15.3 Å². The second-order valence-electron chi connectivity index (χ2n) is 7.26. The van der Waals surface area contributed by atoms with Gasteiger partial charge in [-0.2, -0.15) is 0 Å². The molecule has 0 aliphatic carbocycles. The summed E-state index contributed by atoms with van der Waals surface area (Å²) in [6, 6.07) is 0. The third-order valence-electron chi connectivity index (χ3n) is 4.10. The molecule has 1 atom stereocenters. The number of carbonyl (C=O) groups is 3. The van der Waals surface area contributed by atoms with Crippen molar-refractivity contribution in [1.29, 1.82) is 0 Å². The molecular formula is C16H27N3O5. The van der Waals surface area contributed by atoms with Crippen molar-refractivity contribution >= 4 is 17.9 Å². The second-order valence-corrected chi connectivity index (χ2v) is 7.26. The van der Waals surface area contributed by atoms with Gasteiger partial charge in [-0.15, -0.1) is 0 Å². The van der Waals surface area contributed by atoms with E-state index in [4.69, 9.17) is 9.47 Å². The van der Waals surface area contributed by atoms with Gasteiger partial charge in [0.25, 0.3) is 0 Å². The fraction of sp³-hybridized carbons (Fsp3) is 0.812. The third-order valence-corrected chi connectivity index (χ3v) is 4.10. The number of ether oxygens (including phenoxy) is 2. The monoisotopic (exact) mass is 341 g/mol. The van der Waals surface area contributed by atoms with E-state index in [9.17, 15) is 14.4 Å². The standard InChI is InChI=1S/C16H27N3O5/c1-5-23-9-6-13(21)19-16(10-12(20)17-19)7-8-18(11-16)14(22)24-15(2,3)4/h5-11H2,1-4H3,(H,17,20). The van der Waals surface area contributed by atoms with Crippen LogP contribution in [0.15, 0.2) is 0 Å². The highest BCUT2D eigenvalue weighted by Crippen LogP contribution is 2.35. The molecule has 2 aliphatic rings. The molecule has 0 saturated carbocycles. The molecule has 8 nitrogen and oxygen atoms in total. The van der Waals surface area contributed by atoms with Crippen molar-refractivity contribution in [3.05, 3.63) is 0 Å². The van der Waals surface area contributed by atoms with E-state index in [1.807, 2.05) is 6.92 Å². The van der Waals surface area contributed by atoms with Crippen LogP contribution in [0.1, 0.15) is 47.0 Å². The summed E-state index contributed by atoms with van der Waals surface area (Å²) in [7, 11) is 0. The zero-order valence-electron chi connectivity index (χ0n) is 14.9. The van der Waals surface area contributed by atoms with Crippen molar-refractivity contribution in [2.24, 2.45) is 0 Å². The molecular weight excluding hydrogens is 314 g/mol. The molecule has 136 valence electrons. The minimum atomic E-state index is -0.683. The number of likely N-dealkylation sites (tertiary alicyclic amines) is 1. The van der Waals surface area contributed by atoms with Gasteiger partial charge in [0.2, 0.25) is 11.8 Å². The van der Waals surface area contributed by atoms with Crippen LogP contribution in [-0.2, 0) is 19.1 Å².